The lowest BCUT2D eigenvalue weighted by Gasteiger charge is -2.17. The van der Waals surface area contributed by atoms with Crippen molar-refractivity contribution in [2.45, 2.75) is 51.4 Å². The molecule has 2 atom stereocenters. The standard InChI is InChI=1S/C23H31F4N7O3/c1-4-29-14(2)20-19(24)18(17(35-3)11-30-20)16-12-34-21(31-13-32-34)22(33-16)37-10-9-36-8-6-15(28)5-7-23(25,26)27/h11-15,29H,4-10,28H2,1-3H3/t14?,15-/m0/s1. The number of hydrogen-bond donors (Lipinski definition) is 2. The van der Waals surface area contributed by atoms with Crippen molar-refractivity contribution in [3.63, 3.8) is 0 Å². The fraction of sp³-hybridized carbons (Fsp3) is 0.565. The average molecular weight is 530 g/mol. The first-order valence-corrected chi connectivity index (χ1v) is 11.8. The molecule has 0 bridgehead atoms. The van der Waals surface area contributed by atoms with Crippen LogP contribution in [0.3, 0.4) is 0 Å². The highest BCUT2D eigenvalue weighted by Gasteiger charge is 2.27. The van der Waals surface area contributed by atoms with Crippen molar-refractivity contribution in [1.82, 2.24) is 29.9 Å². The number of ether oxygens (including phenoxy) is 3. The van der Waals surface area contributed by atoms with Gasteiger partial charge in [0.25, 0.3) is 5.88 Å². The third kappa shape index (κ3) is 7.69. The van der Waals surface area contributed by atoms with Crippen molar-refractivity contribution in [3.8, 4) is 22.9 Å². The fourth-order valence-electron chi connectivity index (χ4n) is 3.63. The predicted octanol–water partition coefficient (Wildman–Crippen LogP) is 3.46. The van der Waals surface area contributed by atoms with Crippen LogP contribution in [-0.4, -0.2) is 70.3 Å². The molecule has 37 heavy (non-hydrogen) atoms. The van der Waals surface area contributed by atoms with Gasteiger partial charge in [0.2, 0.25) is 5.65 Å². The van der Waals surface area contributed by atoms with E-state index in [2.05, 4.69) is 25.4 Å². The minimum atomic E-state index is -4.23. The molecule has 1 unspecified atom stereocenters. The quantitative estimate of drug-likeness (QED) is 0.239. The predicted molar refractivity (Wildman–Crippen MR) is 127 cm³/mol. The van der Waals surface area contributed by atoms with E-state index >= 15 is 4.39 Å². The highest BCUT2D eigenvalue weighted by molar-refractivity contribution is 5.69. The van der Waals surface area contributed by atoms with Crippen LogP contribution in [0.2, 0.25) is 0 Å². The second-order valence-corrected chi connectivity index (χ2v) is 8.30. The monoisotopic (exact) mass is 529 g/mol. The Morgan fingerprint density at radius 2 is 1.95 bits per heavy atom. The zero-order valence-electron chi connectivity index (χ0n) is 20.9. The second kappa shape index (κ2) is 12.9. The first-order valence-electron chi connectivity index (χ1n) is 11.8. The average Bonchev–Trinajstić information content (AvgIpc) is 3.33. The summed E-state index contributed by atoms with van der Waals surface area (Å²) in [6.45, 7) is 4.73. The number of aromatic nitrogens is 5. The Labute approximate surface area is 211 Å². The molecule has 0 radical (unpaired) electrons. The van der Waals surface area contributed by atoms with Crippen LogP contribution in [0.5, 0.6) is 11.6 Å². The Kier molecular flexibility index (Phi) is 9.94. The van der Waals surface area contributed by atoms with Crippen molar-refractivity contribution in [2.75, 3.05) is 33.5 Å². The molecule has 0 aliphatic rings. The van der Waals surface area contributed by atoms with Gasteiger partial charge in [-0.3, -0.25) is 4.98 Å². The Balaban J connectivity index is 1.70. The van der Waals surface area contributed by atoms with Crippen molar-refractivity contribution in [3.05, 3.63) is 30.2 Å². The number of fused-ring (bicyclic) bond motifs is 1. The Morgan fingerprint density at radius 1 is 1.16 bits per heavy atom. The number of alkyl halides is 3. The smallest absolute Gasteiger partial charge is 0.389 e. The van der Waals surface area contributed by atoms with Crippen LogP contribution >= 0.6 is 0 Å². The molecule has 3 heterocycles. The number of halogens is 4. The Hall–Kier alpha value is -3.10. The van der Waals surface area contributed by atoms with Gasteiger partial charge in [-0.1, -0.05) is 6.92 Å². The van der Waals surface area contributed by atoms with Crippen LogP contribution in [0.25, 0.3) is 16.9 Å². The van der Waals surface area contributed by atoms with Crippen molar-refractivity contribution in [2.24, 2.45) is 5.73 Å². The van der Waals surface area contributed by atoms with Gasteiger partial charge in [-0.05, 0) is 26.3 Å². The maximum Gasteiger partial charge on any atom is 0.389 e. The normalized spacial score (nSPS) is 13.6. The molecule has 3 rings (SSSR count). The summed E-state index contributed by atoms with van der Waals surface area (Å²) in [6.07, 6.45) is -0.769. The van der Waals surface area contributed by atoms with E-state index in [1.807, 2.05) is 6.92 Å². The molecule has 0 fully saturated rings. The topological polar surface area (TPSA) is 122 Å². The van der Waals surface area contributed by atoms with Crippen LogP contribution in [0.1, 0.15) is 44.8 Å². The van der Waals surface area contributed by atoms with E-state index in [1.165, 1.54) is 30.3 Å². The zero-order valence-corrected chi connectivity index (χ0v) is 20.9. The number of hydrogen-bond acceptors (Lipinski definition) is 9. The number of methoxy groups -OCH3 is 1. The van der Waals surface area contributed by atoms with E-state index < -0.39 is 24.5 Å². The number of nitrogens with one attached hydrogen (secondary N) is 1. The first kappa shape index (κ1) is 28.5. The zero-order chi connectivity index (χ0) is 27.0. The van der Waals surface area contributed by atoms with Gasteiger partial charge in [-0.2, -0.15) is 18.3 Å². The summed E-state index contributed by atoms with van der Waals surface area (Å²) in [5.41, 5.74) is 6.53. The van der Waals surface area contributed by atoms with Gasteiger partial charge in [0.15, 0.2) is 5.82 Å². The van der Waals surface area contributed by atoms with Crippen molar-refractivity contribution >= 4 is 5.65 Å². The molecule has 0 aliphatic heterocycles. The van der Waals surface area contributed by atoms with Gasteiger partial charge in [-0.25, -0.2) is 18.9 Å². The number of rotatable bonds is 14. The summed E-state index contributed by atoms with van der Waals surface area (Å²) < 4.78 is 70.4. The van der Waals surface area contributed by atoms with Gasteiger partial charge >= 0.3 is 6.18 Å². The molecule has 3 N–H and O–H groups in total. The van der Waals surface area contributed by atoms with Gasteiger partial charge in [0.1, 0.15) is 18.7 Å². The summed E-state index contributed by atoms with van der Waals surface area (Å²) in [6, 6.07) is -0.957. The maximum absolute atomic E-state index is 15.6. The second-order valence-electron chi connectivity index (χ2n) is 8.30. The van der Waals surface area contributed by atoms with E-state index in [0.717, 1.165) is 0 Å². The molecule has 3 aromatic heterocycles. The lowest BCUT2D eigenvalue weighted by Crippen LogP contribution is -2.25. The van der Waals surface area contributed by atoms with E-state index in [-0.39, 0.29) is 67.3 Å². The molecule has 0 saturated carbocycles. The molecule has 0 aliphatic carbocycles. The largest absolute Gasteiger partial charge is 0.494 e. The summed E-state index contributed by atoms with van der Waals surface area (Å²) in [5.74, 6) is -0.302. The van der Waals surface area contributed by atoms with Gasteiger partial charge in [0, 0.05) is 25.1 Å². The molecular weight excluding hydrogens is 498 g/mol. The molecular formula is C23H31F4N7O3. The molecule has 0 spiro atoms. The molecule has 0 amide bonds. The highest BCUT2D eigenvalue weighted by Crippen LogP contribution is 2.35. The lowest BCUT2D eigenvalue weighted by atomic mass is 10.1. The van der Waals surface area contributed by atoms with Gasteiger partial charge in [-0.15, -0.1) is 0 Å². The first-order chi connectivity index (χ1) is 17.6. The SMILES string of the molecule is CCNC(C)c1ncc(OC)c(-c2cn3ncnc3c(OCCOCC[C@@H](N)CCC(F)(F)F)n2)c1F. The minimum Gasteiger partial charge on any atom is -0.494 e. The summed E-state index contributed by atoms with van der Waals surface area (Å²) in [4.78, 5) is 12.8. The minimum absolute atomic E-state index is 0.0649. The van der Waals surface area contributed by atoms with Crippen molar-refractivity contribution in [1.29, 1.82) is 0 Å². The molecule has 0 saturated heterocycles. The van der Waals surface area contributed by atoms with Crippen LogP contribution in [0.4, 0.5) is 17.6 Å². The Morgan fingerprint density at radius 3 is 2.65 bits per heavy atom. The van der Waals surface area contributed by atoms with E-state index in [4.69, 9.17) is 19.9 Å². The molecule has 3 aromatic rings. The summed E-state index contributed by atoms with van der Waals surface area (Å²) >= 11 is 0. The van der Waals surface area contributed by atoms with Crippen LogP contribution in [-0.2, 0) is 4.74 Å². The Bertz CT molecular complexity index is 1160. The van der Waals surface area contributed by atoms with E-state index in [1.54, 1.807) is 6.92 Å². The fourth-order valence-corrected chi connectivity index (χ4v) is 3.63. The molecule has 204 valence electrons. The lowest BCUT2D eigenvalue weighted by molar-refractivity contribution is -0.136. The van der Waals surface area contributed by atoms with E-state index in [0.29, 0.717) is 12.2 Å². The van der Waals surface area contributed by atoms with Crippen LogP contribution in [0, 0.1) is 5.82 Å². The highest BCUT2D eigenvalue weighted by atomic mass is 19.4. The van der Waals surface area contributed by atoms with Crippen LogP contribution < -0.4 is 20.5 Å². The molecule has 10 nitrogen and oxygen atoms in total. The number of nitrogens with zero attached hydrogens (tertiary/aromatic N) is 5. The number of pyridine rings is 1. The van der Waals surface area contributed by atoms with Gasteiger partial charge < -0.3 is 25.3 Å². The molecule has 14 heteroatoms. The van der Waals surface area contributed by atoms with Crippen LogP contribution in [0.15, 0.2) is 18.7 Å². The van der Waals surface area contributed by atoms with Crippen molar-refractivity contribution < 1.29 is 31.8 Å². The number of nitrogens with two attached hydrogens (primary N) is 1. The maximum atomic E-state index is 15.6. The molecule has 0 aromatic carbocycles. The van der Waals surface area contributed by atoms with E-state index in [9.17, 15) is 13.2 Å². The van der Waals surface area contributed by atoms with Gasteiger partial charge in [0.05, 0.1) is 43.1 Å². The summed E-state index contributed by atoms with van der Waals surface area (Å²) in [7, 11) is 1.41. The summed E-state index contributed by atoms with van der Waals surface area (Å²) in [5, 5.41) is 7.25. The third-order valence-electron chi connectivity index (χ3n) is 5.54. The third-order valence-corrected chi connectivity index (χ3v) is 5.54.